The predicted molar refractivity (Wildman–Crippen MR) is 78.7 cm³/mol. The van der Waals surface area contributed by atoms with Crippen molar-refractivity contribution in [1.29, 1.82) is 0 Å². The fourth-order valence-corrected chi connectivity index (χ4v) is 3.08. The van der Waals surface area contributed by atoms with E-state index in [1.165, 1.54) is 25.2 Å². The van der Waals surface area contributed by atoms with Gasteiger partial charge in [-0.2, -0.15) is 0 Å². The largest absolute Gasteiger partial charge is 0.305 e. The number of likely N-dealkylation sites (tertiary alicyclic amines) is 1. The Hall–Kier alpha value is -1.06. The molecule has 1 unspecified atom stereocenters. The van der Waals surface area contributed by atoms with Gasteiger partial charge in [-0.15, -0.1) is 0 Å². The van der Waals surface area contributed by atoms with Crippen LogP contribution in [0.5, 0.6) is 0 Å². The van der Waals surface area contributed by atoms with Crippen LogP contribution < -0.4 is 0 Å². The smallest absolute Gasteiger partial charge is 0.137 e. The Labute approximate surface area is 119 Å². The maximum absolute atomic E-state index is 6.00. The molecule has 4 heteroatoms. The third kappa shape index (κ3) is 2.77. The van der Waals surface area contributed by atoms with Crippen molar-refractivity contribution >= 4 is 17.2 Å². The summed E-state index contributed by atoms with van der Waals surface area (Å²) in [5.74, 6) is 0.739. The number of imidazole rings is 1. The van der Waals surface area contributed by atoms with Crippen LogP contribution in [0.25, 0.3) is 5.65 Å². The highest BCUT2D eigenvalue weighted by Crippen LogP contribution is 2.22. The average Bonchev–Trinajstić information content (AvgIpc) is 2.95. The summed E-state index contributed by atoms with van der Waals surface area (Å²) in [4.78, 5) is 7.23. The van der Waals surface area contributed by atoms with Crippen LogP contribution in [0.4, 0.5) is 0 Å². The summed E-state index contributed by atoms with van der Waals surface area (Å²) in [5.41, 5.74) is 2.16. The number of nitrogens with zero attached hydrogens (tertiary/aromatic N) is 3. The third-order valence-electron chi connectivity index (χ3n) is 4.01. The highest BCUT2D eigenvalue weighted by molar-refractivity contribution is 6.30. The zero-order valence-electron chi connectivity index (χ0n) is 11.5. The van der Waals surface area contributed by atoms with Crippen LogP contribution in [0.15, 0.2) is 24.5 Å². The number of aromatic nitrogens is 2. The summed E-state index contributed by atoms with van der Waals surface area (Å²) in [5, 5.41) is 0.753. The van der Waals surface area contributed by atoms with Crippen LogP contribution in [-0.4, -0.2) is 33.4 Å². The molecule has 1 aliphatic rings. The fraction of sp³-hybridized carbons (Fsp3) is 0.533. The maximum Gasteiger partial charge on any atom is 0.137 e. The van der Waals surface area contributed by atoms with Crippen molar-refractivity contribution in [3.05, 3.63) is 35.2 Å². The standard InChI is InChI=1S/C15H20ClN3/c1-11(2)18-6-5-12(8-18)7-14-10-19-9-13(16)3-4-15(19)17-14/h3-4,9-12H,5-8H2,1-2H3. The van der Waals surface area contributed by atoms with E-state index in [1.807, 2.05) is 22.7 Å². The monoisotopic (exact) mass is 277 g/mol. The van der Waals surface area contributed by atoms with Crippen LogP contribution in [-0.2, 0) is 6.42 Å². The summed E-state index contributed by atoms with van der Waals surface area (Å²) < 4.78 is 2.02. The van der Waals surface area contributed by atoms with E-state index in [9.17, 15) is 0 Å². The lowest BCUT2D eigenvalue weighted by molar-refractivity contribution is 0.265. The Balaban J connectivity index is 1.72. The number of hydrogen-bond acceptors (Lipinski definition) is 2. The fourth-order valence-electron chi connectivity index (χ4n) is 2.91. The summed E-state index contributed by atoms with van der Waals surface area (Å²) >= 11 is 6.00. The molecule has 0 radical (unpaired) electrons. The minimum Gasteiger partial charge on any atom is -0.305 e. The first-order chi connectivity index (χ1) is 9.11. The van der Waals surface area contributed by atoms with E-state index in [4.69, 9.17) is 11.6 Å². The van der Waals surface area contributed by atoms with Crippen molar-refractivity contribution in [2.45, 2.75) is 32.7 Å². The molecular formula is C15H20ClN3. The molecule has 1 saturated heterocycles. The van der Waals surface area contributed by atoms with Gasteiger partial charge in [0.1, 0.15) is 5.65 Å². The minimum atomic E-state index is 0.657. The van der Waals surface area contributed by atoms with Crippen LogP contribution in [0.2, 0.25) is 5.02 Å². The van der Waals surface area contributed by atoms with Gasteiger partial charge in [0.05, 0.1) is 10.7 Å². The second kappa shape index (κ2) is 5.14. The molecule has 3 nitrogen and oxygen atoms in total. The zero-order valence-corrected chi connectivity index (χ0v) is 12.3. The van der Waals surface area contributed by atoms with Gasteiger partial charge in [-0.3, -0.25) is 0 Å². The van der Waals surface area contributed by atoms with Crippen molar-refractivity contribution in [2.75, 3.05) is 13.1 Å². The molecule has 2 aromatic heterocycles. The van der Waals surface area contributed by atoms with Crippen molar-refractivity contribution in [1.82, 2.24) is 14.3 Å². The van der Waals surface area contributed by atoms with Crippen molar-refractivity contribution < 1.29 is 0 Å². The van der Waals surface area contributed by atoms with E-state index in [0.29, 0.717) is 6.04 Å². The average molecular weight is 278 g/mol. The molecule has 19 heavy (non-hydrogen) atoms. The molecule has 1 atom stereocenters. The Morgan fingerprint density at radius 2 is 2.21 bits per heavy atom. The molecule has 0 bridgehead atoms. The van der Waals surface area contributed by atoms with E-state index in [1.54, 1.807) is 0 Å². The molecule has 3 rings (SSSR count). The van der Waals surface area contributed by atoms with Gasteiger partial charge < -0.3 is 9.30 Å². The van der Waals surface area contributed by atoms with E-state index in [-0.39, 0.29) is 0 Å². The van der Waals surface area contributed by atoms with Crippen molar-refractivity contribution in [3.63, 3.8) is 0 Å². The Kier molecular flexibility index (Phi) is 3.50. The third-order valence-corrected chi connectivity index (χ3v) is 4.23. The number of fused-ring (bicyclic) bond motifs is 1. The Morgan fingerprint density at radius 1 is 1.37 bits per heavy atom. The molecule has 1 aliphatic heterocycles. The minimum absolute atomic E-state index is 0.657. The second-order valence-electron chi connectivity index (χ2n) is 5.79. The molecule has 0 amide bonds. The topological polar surface area (TPSA) is 20.5 Å². The molecule has 0 spiro atoms. The first kappa shape index (κ1) is 12.9. The molecule has 0 saturated carbocycles. The quantitative estimate of drug-likeness (QED) is 0.858. The van der Waals surface area contributed by atoms with Gasteiger partial charge in [-0.05, 0) is 51.3 Å². The van der Waals surface area contributed by atoms with E-state index in [0.717, 1.165) is 23.0 Å². The lowest BCUT2D eigenvalue weighted by atomic mass is 10.0. The van der Waals surface area contributed by atoms with Gasteiger partial charge in [-0.1, -0.05) is 11.6 Å². The maximum atomic E-state index is 6.00. The number of rotatable bonds is 3. The molecule has 102 valence electrons. The highest BCUT2D eigenvalue weighted by atomic mass is 35.5. The number of hydrogen-bond donors (Lipinski definition) is 0. The summed E-state index contributed by atoms with van der Waals surface area (Å²) in [6.07, 6.45) is 6.39. The number of halogens is 1. The summed E-state index contributed by atoms with van der Waals surface area (Å²) in [6, 6.07) is 4.52. The van der Waals surface area contributed by atoms with Gasteiger partial charge in [0.2, 0.25) is 0 Å². The number of pyridine rings is 1. The van der Waals surface area contributed by atoms with Gasteiger partial charge in [0.25, 0.3) is 0 Å². The van der Waals surface area contributed by atoms with Crippen LogP contribution in [0, 0.1) is 5.92 Å². The molecule has 3 heterocycles. The Bertz CT molecular complexity index is 576. The normalized spacial score (nSPS) is 20.7. The molecule has 2 aromatic rings. The molecule has 0 aliphatic carbocycles. The van der Waals surface area contributed by atoms with Gasteiger partial charge in [0.15, 0.2) is 0 Å². The van der Waals surface area contributed by atoms with E-state index in [2.05, 4.69) is 29.9 Å². The van der Waals surface area contributed by atoms with Gasteiger partial charge in [0, 0.05) is 25.0 Å². The zero-order chi connectivity index (χ0) is 13.4. The Morgan fingerprint density at radius 3 is 2.95 bits per heavy atom. The lowest BCUT2D eigenvalue weighted by Crippen LogP contribution is -2.28. The molecule has 1 fully saturated rings. The molecule has 0 aromatic carbocycles. The van der Waals surface area contributed by atoms with Crippen molar-refractivity contribution in [2.24, 2.45) is 5.92 Å². The van der Waals surface area contributed by atoms with E-state index >= 15 is 0 Å². The lowest BCUT2D eigenvalue weighted by Gasteiger charge is -2.19. The second-order valence-corrected chi connectivity index (χ2v) is 6.23. The first-order valence-corrected chi connectivity index (χ1v) is 7.37. The highest BCUT2D eigenvalue weighted by Gasteiger charge is 2.24. The van der Waals surface area contributed by atoms with Gasteiger partial charge in [-0.25, -0.2) is 4.98 Å². The van der Waals surface area contributed by atoms with Crippen LogP contribution >= 0.6 is 11.6 Å². The predicted octanol–water partition coefficient (Wildman–Crippen LogP) is 3.26. The molecule has 0 N–H and O–H groups in total. The van der Waals surface area contributed by atoms with Crippen LogP contribution in [0.3, 0.4) is 0 Å². The first-order valence-electron chi connectivity index (χ1n) is 6.99. The summed E-state index contributed by atoms with van der Waals surface area (Å²) in [6.45, 7) is 6.97. The van der Waals surface area contributed by atoms with Crippen molar-refractivity contribution in [3.8, 4) is 0 Å². The SMILES string of the molecule is CC(C)N1CCC(Cc2cn3cc(Cl)ccc3n2)C1. The van der Waals surface area contributed by atoms with Gasteiger partial charge >= 0.3 is 0 Å². The van der Waals surface area contributed by atoms with E-state index < -0.39 is 0 Å². The molecular weight excluding hydrogens is 258 g/mol. The van der Waals surface area contributed by atoms with Crippen LogP contribution in [0.1, 0.15) is 26.0 Å². The summed E-state index contributed by atoms with van der Waals surface area (Å²) in [7, 11) is 0.